The zero-order chi connectivity index (χ0) is 71.0. The summed E-state index contributed by atoms with van der Waals surface area (Å²) in [5, 5.41) is 5.03. The second kappa shape index (κ2) is 25.9. The molecule has 16 aromatic carbocycles. The van der Waals surface area contributed by atoms with E-state index >= 15 is 0 Å². The molecular formula is C102H76N4. The highest BCUT2D eigenvalue weighted by Gasteiger charge is 2.37. The first-order valence-corrected chi connectivity index (χ1v) is 36.9. The van der Waals surface area contributed by atoms with Crippen molar-refractivity contribution in [3.63, 3.8) is 0 Å². The predicted molar refractivity (Wildman–Crippen MR) is 448 cm³/mol. The maximum Gasteiger partial charge on any atom is 0.0541 e. The summed E-state index contributed by atoms with van der Waals surface area (Å²) in [6.07, 6.45) is 0. The third-order valence-electron chi connectivity index (χ3n) is 22.4. The molecule has 106 heavy (non-hydrogen) atoms. The SMILES string of the molecule is CC1(C)c2ccccc2-c2ccc(N(c3ccc(-c4ccc5c(c4)c4ccccc4n5-c4ccccc4)cc3)c3cccc(-c4ccccc4)c3)cc21.CC1(C)c2ccccc2-c2ccc(N(c3ccc(-c4ccccc4)cc3)c3ccc(-c4ccc5c(c4)c4ccccc4n5-c4ccccc4)cc3)cc21. The average Bonchev–Trinajstić information content (AvgIpc) is 1.59. The van der Waals surface area contributed by atoms with Gasteiger partial charge in [-0.2, -0.15) is 0 Å². The van der Waals surface area contributed by atoms with Crippen LogP contribution in [0.5, 0.6) is 0 Å². The minimum Gasteiger partial charge on any atom is -0.310 e. The normalized spacial score (nSPS) is 12.9. The van der Waals surface area contributed by atoms with Gasteiger partial charge in [0.15, 0.2) is 0 Å². The Labute approximate surface area is 619 Å². The number of anilines is 6. The van der Waals surface area contributed by atoms with Crippen LogP contribution in [0.1, 0.15) is 49.9 Å². The molecule has 0 N–H and O–H groups in total. The predicted octanol–water partition coefficient (Wildman–Crippen LogP) is 27.8. The fourth-order valence-corrected chi connectivity index (χ4v) is 17.1. The Morgan fingerprint density at radius 2 is 0.481 bits per heavy atom. The lowest BCUT2D eigenvalue weighted by Crippen LogP contribution is -2.16. The van der Waals surface area contributed by atoms with Crippen LogP contribution in [0.15, 0.2) is 388 Å². The van der Waals surface area contributed by atoms with E-state index in [1.807, 2.05) is 0 Å². The Kier molecular flexibility index (Phi) is 15.5. The summed E-state index contributed by atoms with van der Waals surface area (Å²) in [5.74, 6) is 0. The summed E-state index contributed by atoms with van der Waals surface area (Å²) in [4.78, 5) is 4.81. The molecule has 0 radical (unpaired) electrons. The summed E-state index contributed by atoms with van der Waals surface area (Å²) in [7, 11) is 0. The van der Waals surface area contributed by atoms with E-state index in [2.05, 4.69) is 435 Å². The molecule has 0 unspecified atom stereocenters. The molecule has 0 spiro atoms. The molecule has 0 fully saturated rings. The van der Waals surface area contributed by atoms with Crippen LogP contribution in [0.3, 0.4) is 0 Å². The van der Waals surface area contributed by atoms with Crippen LogP contribution in [0.4, 0.5) is 34.1 Å². The van der Waals surface area contributed by atoms with E-state index in [1.165, 1.54) is 144 Å². The summed E-state index contributed by atoms with van der Waals surface area (Å²) in [5.41, 5.74) is 34.3. The van der Waals surface area contributed by atoms with Gasteiger partial charge in [-0.25, -0.2) is 0 Å². The van der Waals surface area contributed by atoms with Crippen molar-refractivity contribution >= 4 is 77.7 Å². The number of fused-ring (bicyclic) bond motifs is 12. The van der Waals surface area contributed by atoms with Crippen molar-refractivity contribution in [1.82, 2.24) is 9.13 Å². The monoisotopic (exact) mass is 1360 g/mol. The van der Waals surface area contributed by atoms with Crippen molar-refractivity contribution in [3.8, 4) is 78.1 Å². The zero-order valence-corrected chi connectivity index (χ0v) is 59.7. The molecule has 2 heterocycles. The highest BCUT2D eigenvalue weighted by Crippen LogP contribution is 2.53. The number of aromatic nitrogens is 2. The van der Waals surface area contributed by atoms with Crippen LogP contribution in [0, 0.1) is 0 Å². The molecule has 4 nitrogen and oxygen atoms in total. The van der Waals surface area contributed by atoms with E-state index in [-0.39, 0.29) is 10.8 Å². The van der Waals surface area contributed by atoms with Gasteiger partial charge in [0.05, 0.1) is 22.1 Å². The quantitative estimate of drug-likeness (QED) is 0.121. The Morgan fingerprint density at radius 1 is 0.189 bits per heavy atom. The van der Waals surface area contributed by atoms with Gasteiger partial charge in [-0.05, 0) is 222 Å². The van der Waals surface area contributed by atoms with E-state index in [1.54, 1.807) is 0 Å². The zero-order valence-electron chi connectivity index (χ0n) is 59.7. The Balaban J connectivity index is 0.000000145. The third-order valence-corrected chi connectivity index (χ3v) is 22.4. The number of benzene rings is 16. The maximum atomic E-state index is 2.41. The second-order valence-electron chi connectivity index (χ2n) is 29.2. The van der Waals surface area contributed by atoms with E-state index in [0.29, 0.717) is 0 Å². The van der Waals surface area contributed by atoms with Crippen molar-refractivity contribution in [2.24, 2.45) is 0 Å². The van der Waals surface area contributed by atoms with Crippen LogP contribution in [-0.2, 0) is 10.8 Å². The van der Waals surface area contributed by atoms with Crippen LogP contribution in [0.2, 0.25) is 0 Å². The second-order valence-corrected chi connectivity index (χ2v) is 29.2. The smallest absolute Gasteiger partial charge is 0.0541 e. The standard InChI is InChI=1S/2C51H38N2/c1-51(2)47-22-11-9-20-43(47)44-30-29-42(34-48(44)51)52(41-19-13-16-37(32-41)35-14-5-3-6-15-35)40-27-24-36(25-28-40)38-26-31-50-46(33-38)45-21-10-12-23-49(45)53(50)39-17-7-4-8-18-39;1-51(2)47-19-11-9-17-43(47)44-31-30-42(34-48(44)51)52(40-26-21-36(22-27-40)35-13-5-3-6-14-35)41-28-23-37(24-29-41)38-25-32-50-46(33-38)45-18-10-12-20-49(45)53(50)39-15-7-4-8-16-39/h2*3-34H,1-2H3. The molecule has 0 bridgehead atoms. The molecule has 0 saturated carbocycles. The van der Waals surface area contributed by atoms with E-state index in [9.17, 15) is 0 Å². The fourth-order valence-electron chi connectivity index (χ4n) is 17.1. The highest BCUT2D eigenvalue weighted by molar-refractivity contribution is 6.12. The molecule has 0 saturated heterocycles. The van der Waals surface area contributed by atoms with E-state index in [0.717, 1.165) is 34.1 Å². The molecule has 20 rings (SSSR count). The van der Waals surface area contributed by atoms with E-state index in [4.69, 9.17) is 0 Å². The van der Waals surface area contributed by atoms with Crippen molar-refractivity contribution in [1.29, 1.82) is 0 Å². The lowest BCUT2D eigenvalue weighted by Gasteiger charge is -2.28. The Hall–Kier alpha value is -13.3. The van der Waals surface area contributed by atoms with Crippen molar-refractivity contribution in [3.05, 3.63) is 411 Å². The van der Waals surface area contributed by atoms with Gasteiger partial charge in [-0.1, -0.05) is 282 Å². The summed E-state index contributed by atoms with van der Waals surface area (Å²) >= 11 is 0. The summed E-state index contributed by atoms with van der Waals surface area (Å²) in [6, 6.07) is 142. The van der Waals surface area contributed by atoms with Crippen molar-refractivity contribution in [2.75, 3.05) is 9.80 Å². The molecule has 0 atom stereocenters. The number of hydrogen-bond donors (Lipinski definition) is 0. The Morgan fingerprint density at radius 3 is 0.925 bits per heavy atom. The molecule has 504 valence electrons. The molecule has 4 heteroatoms. The molecule has 0 aliphatic heterocycles. The Bertz CT molecular complexity index is 6350. The van der Waals surface area contributed by atoms with Crippen LogP contribution >= 0.6 is 0 Å². The van der Waals surface area contributed by atoms with E-state index < -0.39 is 0 Å². The number of nitrogens with zero attached hydrogens (tertiary/aromatic N) is 4. The first kappa shape index (κ1) is 63.6. The summed E-state index contributed by atoms with van der Waals surface area (Å²) < 4.78 is 4.74. The molecule has 2 aliphatic carbocycles. The lowest BCUT2D eigenvalue weighted by molar-refractivity contribution is 0.660. The van der Waals surface area contributed by atoms with Crippen LogP contribution < -0.4 is 9.80 Å². The van der Waals surface area contributed by atoms with Gasteiger partial charge >= 0.3 is 0 Å². The first-order chi connectivity index (χ1) is 52.1. The third kappa shape index (κ3) is 10.9. The van der Waals surface area contributed by atoms with Gasteiger partial charge in [-0.3, -0.25) is 0 Å². The van der Waals surface area contributed by atoms with Gasteiger partial charge in [0.2, 0.25) is 0 Å². The maximum absolute atomic E-state index is 2.41. The molecule has 0 amide bonds. The minimum absolute atomic E-state index is 0.0864. The van der Waals surface area contributed by atoms with Crippen molar-refractivity contribution < 1.29 is 0 Å². The number of para-hydroxylation sites is 4. The fraction of sp³-hybridized carbons (Fsp3) is 0.0588. The van der Waals surface area contributed by atoms with Crippen LogP contribution in [-0.4, -0.2) is 9.13 Å². The average molecular weight is 1360 g/mol. The van der Waals surface area contributed by atoms with Gasteiger partial charge in [0, 0.05) is 77.9 Å². The molecular weight excluding hydrogens is 1280 g/mol. The lowest BCUT2D eigenvalue weighted by atomic mass is 9.82. The molecule has 18 aromatic rings. The topological polar surface area (TPSA) is 16.3 Å². The van der Waals surface area contributed by atoms with Crippen molar-refractivity contribution in [2.45, 2.75) is 38.5 Å². The molecule has 2 aliphatic rings. The number of hydrogen-bond acceptors (Lipinski definition) is 2. The van der Waals surface area contributed by atoms with Gasteiger partial charge < -0.3 is 18.9 Å². The highest BCUT2D eigenvalue weighted by atomic mass is 15.1. The molecule has 2 aromatic heterocycles. The van der Waals surface area contributed by atoms with Crippen LogP contribution in [0.25, 0.3) is 122 Å². The summed E-state index contributed by atoms with van der Waals surface area (Å²) in [6.45, 7) is 9.40. The first-order valence-electron chi connectivity index (χ1n) is 36.9. The largest absolute Gasteiger partial charge is 0.310 e. The number of rotatable bonds is 12. The van der Waals surface area contributed by atoms with Gasteiger partial charge in [0.25, 0.3) is 0 Å². The van der Waals surface area contributed by atoms with Gasteiger partial charge in [-0.15, -0.1) is 0 Å². The van der Waals surface area contributed by atoms with Gasteiger partial charge in [0.1, 0.15) is 0 Å². The minimum atomic E-state index is -0.0916.